The number of hydrogen-bond acceptors (Lipinski definition) is 3. The van der Waals surface area contributed by atoms with Crippen molar-refractivity contribution in [3.8, 4) is 5.75 Å². The van der Waals surface area contributed by atoms with E-state index in [4.69, 9.17) is 9.47 Å². The lowest BCUT2D eigenvalue weighted by molar-refractivity contribution is -0.137. The summed E-state index contributed by atoms with van der Waals surface area (Å²) in [7, 11) is 0. The molecule has 3 nitrogen and oxygen atoms in total. The molecule has 2 fully saturated rings. The monoisotopic (exact) mass is 466 g/mol. The van der Waals surface area contributed by atoms with Gasteiger partial charge in [-0.05, 0) is 71.9 Å². The number of fused-ring (bicyclic) bond motifs is 5. The number of rotatable bonds is 6. The second-order valence-corrected chi connectivity index (χ2v) is 10.9. The molecule has 3 aliphatic carbocycles. The summed E-state index contributed by atoms with van der Waals surface area (Å²) >= 11 is 0. The van der Waals surface area contributed by atoms with E-state index in [1.807, 2.05) is 24.3 Å². The lowest BCUT2D eigenvalue weighted by Gasteiger charge is -2.49. The molecule has 0 spiro atoms. The van der Waals surface area contributed by atoms with Crippen LogP contribution in [0.5, 0.6) is 5.75 Å². The van der Waals surface area contributed by atoms with E-state index in [0.29, 0.717) is 37.3 Å². The molecular formula is C32H34O3. The minimum absolute atomic E-state index is 0.0351. The maximum atomic E-state index is 13.7. The molecule has 3 heteroatoms. The van der Waals surface area contributed by atoms with Crippen LogP contribution in [0, 0.1) is 17.3 Å². The van der Waals surface area contributed by atoms with Gasteiger partial charge in [0.05, 0.1) is 12.7 Å². The second-order valence-electron chi connectivity index (χ2n) is 10.9. The fourth-order valence-electron chi connectivity index (χ4n) is 7.21. The van der Waals surface area contributed by atoms with Crippen molar-refractivity contribution in [3.05, 3.63) is 101 Å². The first-order valence-corrected chi connectivity index (χ1v) is 13.1. The zero-order valence-electron chi connectivity index (χ0n) is 20.5. The number of carbonyl (C=O) groups is 1. The fourth-order valence-corrected chi connectivity index (χ4v) is 7.21. The molecule has 0 radical (unpaired) electrons. The van der Waals surface area contributed by atoms with Crippen molar-refractivity contribution >= 4 is 5.78 Å². The van der Waals surface area contributed by atoms with Gasteiger partial charge in [0.15, 0.2) is 0 Å². The van der Waals surface area contributed by atoms with E-state index in [2.05, 4.69) is 61.5 Å². The minimum Gasteiger partial charge on any atom is -0.489 e. The molecule has 3 aromatic rings. The van der Waals surface area contributed by atoms with Crippen molar-refractivity contribution in [2.45, 2.75) is 64.3 Å². The van der Waals surface area contributed by atoms with E-state index in [-0.39, 0.29) is 17.4 Å². The summed E-state index contributed by atoms with van der Waals surface area (Å²) in [4.78, 5) is 13.7. The SMILES string of the molecule is C[C@]12CC(=O)[C@@H]3c4ccc(OCc5ccccc5)cc4CC[C@H]3[C@@H]1CCC2OCc1ccccc1. The van der Waals surface area contributed by atoms with Gasteiger partial charge in [0.2, 0.25) is 0 Å². The first-order valence-electron chi connectivity index (χ1n) is 13.1. The highest BCUT2D eigenvalue weighted by Crippen LogP contribution is 2.60. The van der Waals surface area contributed by atoms with Gasteiger partial charge in [-0.25, -0.2) is 0 Å². The first kappa shape index (κ1) is 22.5. The van der Waals surface area contributed by atoms with Crippen molar-refractivity contribution < 1.29 is 14.3 Å². The summed E-state index contributed by atoms with van der Waals surface area (Å²) in [6, 6.07) is 27.1. The van der Waals surface area contributed by atoms with Gasteiger partial charge < -0.3 is 9.47 Å². The highest BCUT2D eigenvalue weighted by Gasteiger charge is 2.58. The number of ether oxygens (including phenoxy) is 2. The Bertz CT molecular complexity index is 1190. The molecule has 180 valence electrons. The molecule has 0 amide bonds. The molecule has 3 aliphatic rings. The van der Waals surface area contributed by atoms with Gasteiger partial charge in [0.25, 0.3) is 0 Å². The topological polar surface area (TPSA) is 35.5 Å². The van der Waals surface area contributed by atoms with Crippen LogP contribution < -0.4 is 4.74 Å². The fraction of sp³-hybridized carbons (Fsp3) is 0.406. The number of benzene rings is 3. The number of carbonyl (C=O) groups excluding carboxylic acids is 1. The number of ketones is 1. The molecule has 0 saturated heterocycles. The van der Waals surface area contributed by atoms with Crippen LogP contribution in [0.3, 0.4) is 0 Å². The van der Waals surface area contributed by atoms with Gasteiger partial charge in [-0.1, -0.05) is 73.7 Å². The quantitative estimate of drug-likeness (QED) is 0.397. The molecule has 5 atom stereocenters. The van der Waals surface area contributed by atoms with Gasteiger partial charge in [0, 0.05) is 17.8 Å². The van der Waals surface area contributed by atoms with Gasteiger partial charge in [-0.15, -0.1) is 0 Å². The molecule has 35 heavy (non-hydrogen) atoms. The Hall–Kier alpha value is -2.91. The average Bonchev–Trinajstić information content (AvgIpc) is 3.22. The highest BCUT2D eigenvalue weighted by atomic mass is 16.5. The third-order valence-electron chi connectivity index (χ3n) is 8.91. The standard InChI is InChI=1S/C32H34O3/c1-32-19-29(33)31-26-15-13-25(34-20-22-8-4-2-5-9-22)18-24(26)12-14-27(31)28(32)16-17-30(32)35-21-23-10-6-3-7-11-23/h2-11,13,15,18,27-28,30-31H,12,14,16-17,19-21H2,1H3/t27-,28-,30?,31+,32-/m0/s1. The molecule has 3 aromatic carbocycles. The van der Waals surface area contributed by atoms with E-state index < -0.39 is 0 Å². The van der Waals surface area contributed by atoms with E-state index in [1.54, 1.807) is 0 Å². The Morgan fingerprint density at radius 2 is 1.57 bits per heavy atom. The maximum absolute atomic E-state index is 13.7. The van der Waals surface area contributed by atoms with Crippen molar-refractivity contribution in [3.63, 3.8) is 0 Å². The Kier molecular flexibility index (Phi) is 5.98. The van der Waals surface area contributed by atoms with Crippen molar-refractivity contribution in [1.82, 2.24) is 0 Å². The summed E-state index contributed by atoms with van der Waals surface area (Å²) in [6.07, 6.45) is 5.12. The molecule has 2 saturated carbocycles. The van der Waals surface area contributed by atoms with Crippen LogP contribution in [0.4, 0.5) is 0 Å². The highest BCUT2D eigenvalue weighted by molar-refractivity contribution is 5.88. The summed E-state index contributed by atoms with van der Waals surface area (Å²) in [5.41, 5.74) is 4.86. The first-order chi connectivity index (χ1) is 17.1. The molecule has 0 heterocycles. The average molecular weight is 467 g/mol. The zero-order valence-corrected chi connectivity index (χ0v) is 20.5. The molecule has 0 aromatic heterocycles. The normalized spacial score (nSPS) is 29.2. The van der Waals surface area contributed by atoms with Crippen LogP contribution in [0.1, 0.15) is 60.8 Å². The van der Waals surface area contributed by atoms with Crippen molar-refractivity contribution in [2.75, 3.05) is 0 Å². The predicted molar refractivity (Wildman–Crippen MR) is 137 cm³/mol. The lowest BCUT2D eigenvalue weighted by atomic mass is 9.55. The van der Waals surface area contributed by atoms with E-state index in [1.165, 1.54) is 16.7 Å². The summed E-state index contributed by atoms with van der Waals surface area (Å²) < 4.78 is 12.6. The van der Waals surface area contributed by atoms with Crippen LogP contribution >= 0.6 is 0 Å². The molecule has 6 rings (SSSR count). The van der Waals surface area contributed by atoms with Crippen LogP contribution in [0.25, 0.3) is 0 Å². The van der Waals surface area contributed by atoms with Crippen molar-refractivity contribution in [1.29, 1.82) is 0 Å². The van der Waals surface area contributed by atoms with Crippen LogP contribution in [-0.4, -0.2) is 11.9 Å². The zero-order chi connectivity index (χ0) is 23.8. The van der Waals surface area contributed by atoms with Crippen LogP contribution in [-0.2, 0) is 29.2 Å². The van der Waals surface area contributed by atoms with Crippen LogP contribution in [0.15, 0.2) is 78.9 Å². The Balaban J connectivity index is 1.18. The third-order valence-corrected chi connectivity index (χ3v) is 8.91. The number of hydrogen-bond donors (Lipinski definition) is 0. The third kappa shape index (κ3) is 4.21. The van der Waals surface area contributed by atoms with Gasteiger partial charge in [-0.2, -0.15) is 0 Å². The Morgan fingerprint density at radius 1 is 0.857 bits per heavy atom. The van der Waals surface area contributed by atoms with Crippen LogP contribution in [0.2, 0.25) is 0 Å². The summed E-state index contributed by atoms with van der Waals surface area (Å²) in [5.74, 6) is 2.31. The predicted octanol–water partition coefficient (Wildman–Crippen LogP) is 6.89. The molecule has 1 unspecified atom stereocenters. The second kappa shape index (κ2) is 9.28. The minimum atomic E-state index is -0.0523. The van der Waals surface area contributed by atoms with Gasteiger partial charge in [-0.3, -0.25) is 4.79 Å². The summed E-state index contributed by atoms with van der Waals surface area (Å²) in [6.45, 7) is 3.52. The van der Waals surface area contributed by atoms with Gasteiger partial charge in [0.1, 0.15) is 18.1 Å². The van der Waals surface area contributed by atoms with Crippen molar-refractivity contribution in [2.24, 2.45) is 17.3 Å². The molecule has 0 bridgehead atoms. The lowest BCUT2D eigenvalue weighted by Crippen LogP contribution is -2.48. The van der Waals surface area contributed by atoms with Gasteiger partial charge >= 0.3 is 0 Å². The van der Waals surface area contributed by atoms with E-state index in [0.717, 1.165) is 37.0 Å². The Morgan fingerprint density at radius 3 is 2.31 bits per heavy atom. The number of aryl methyl sites for hydroxylation is 1. The largest absolute Gasteiger partial charge is 0.489 e. The maximum Gasteiger partial charge on any atom is 0.141 e. The summed E-state index contributed by atoms with van der Waals surface area (Å²) in [5, 5.41) is 0. The van der Waals surface area contributed by atoms with E-state index in [9.17, 15) is 4.79 Å². The molecule has 0 N–H and O–H groups in total. The smallest absolute Gasteiger partial charge is 0.141 e. The molecular weight excluding hydrogens is 432 g/mol. The Labute approximate surface area is 208 Å². The number of Topliss-reactive ketones (excluding diaryl/α,β-unsaturated/α-hetero) is 1. The van der Waals surface area contributed by atoms with E-state index >= 15 is 0 Å². The molecule has 0 aliphatic heterocycles.